The van der Waals surface area contributed by atoms with Crippen LogP contribution < -0.4 is 0 Å². The molecule has 28 heavy (non-hydrogen) atoms. The lowest BCUT2D eigenvalue weighted by Crippen LogP contribution is -2.29. The highest BCUT2D eigenvalue weighted by molar-refractivity contribution is 5.72. The Kier molecular flexibility index (Phi) is 7.71. The minimum Gasteiger partial charge on any atom is -0.462 e. The monoisotopic (exact) mass is 379 g/mol. The molecule has 2 saturated carbocycles. The first-order valence-corrected chi connectivity index (χ1v) is 11.0. The predicted octanol–water partition coefficient (Wildman–Crippen LogP) is 6.09. The van der Waals surface area contributed by atoms with Crippen molar-refractivity contribution < 1.29 is 9.53 Å². The Labute approximate surface area is 169 Å². The maximum atomic E-state index is 12.5. The number of carbonyl (C=O) groups is 1. The van der Waals surface area contributed by atoms with Crippen LogP contribution in [0.4, 0.5) is 0 Å². The molecule has 3 heteroatoms. The lowest BCUT2D eigenvalue weighted by Gasteiger charge is -2.31. The highest BCUT2D eigenvalue weighted by Gasteiger charge is 2.30. The largest absolute Gasteiger partial charge is 0.462 e. The van der Waals surface area contributed by atoms with Crippen LogP contribution in [-0.4, -0.2) is 12.1 Å². The van der Waals surface area contributed by atoms with Crippen molar-refractivity contribution in [2.75, 3.05) is 0 Å². The molecule has 0 unspecified atom stereocenters. The summed E-state index contributed by atoms with van der Waals surface area (Å²) < 4.78 is 5.87. The van der Waals surface area contributed by atoms with E-state index >= 15 is 0 Å². The summed E-state index contributed by atoms with van der Waals surface area (Å²) in [5.74, 6) is 1.11. The lowest BCUT2D eigenvalue weighted by atomic mass is 9.81. The number of hydrogen-bond acceptors (Lipinski definition) is 3. The number of carbonyl (C=O) groups excluding carboxylic acids is 1. The maximum absolute atomic E-state index is 12.5. The maximum Gasteiger partial charge on any atom is 0.309 e. The summed E-state index contributed by atoms with van der Waals surface area (Å²) in [4.78, 5) is 12.5. The van der Waals surface area contributed by atoms with Crippen molar-refractivity contribution in [1.82, 2.24) is 0 Å². The van der Waals surface area contributed by atoms with E-state index in [0.717, 1.165) is 57.8 Å². The van der Waals surface area contributed by atoms with Gasteiger partial charge in [-0.05, 0) is 80.8 Å². The van der Waals surface area contributed by atoms with Gasteiger partial charge in [-0.25, -0.2) is 0 Å². The number of allylic oxidation sites excluding steroid dienone is 2. The molecule has 3 nitrogen and oxygen atoms in total. The van der Waals surface area contributed by atoms with Gasteiger partial charge in [-0.3, -0.25) is 4.79 Å². The number of nitriles is 1. The number of ether oxygens (including phenoxy) is 1. The number of aryl methyl sites for hydroxylation is 1. The number of hydrogen-bond donors (Lipinski definition) is 0. The van der Waals surface area contributed by atoms with Gasteiger partial charge in [0.2, 0.25) is 0 Å². The predicted molar refractivity (Wildman–Crippen MR) is 112 cm³/mol. The zero-order chi connectivity index (χ0) is 19.8. The Morgan fingerprint density at radius 3 is 2.36 bits per heavy atom. The molecular formula is C25H33NO2. The molecule has 0 spiro atoms. The summed E-state index contributed by atoms with van der Waals surface area (Å²) in [6, 6.07) is 11.2. The molecule has 0 aliphatic heterocycles. The zero-order valence-corrected chi connectivity index (χ0v) is 17.1. The topological polar surface area (TPSA) is 50.1 Å². The van der Waals surface area contributed by atoms with Crippen LogP contribution in [0.5, 0.6) is 0 Å². The number of esters is 1. The molecule has 3 rings (SSSR count). The van der Waals surface area contributed by atoms with Crippen molar-refractivity contribution in [1.29, 1.82) is 5.26 Å². The van der Waals surface area contributed by atoms with Gasteiger partial charge < -0.3 is 4.74 Å². The van der Waals surface area contributed by atoms with E-state index < -0.39 is 0 Å². The Morgan fingerprint density at radius 2 is 1.75 bits per heavy atom. The average Bonchev–Trinajstić information content (AvgIpc) is 2.74. The Hall–Kier alpha value is -2.08. The van der Waals surface area contributed by atoms with Crippen LogP contribution in [0.25, 0.3) is 0 Å². The van der Waals surface area contributed by atoms with Crippen LogP contribution in [0.1, 0.15) is 81.8 Å². The van der Waals surface area contributed by atoms with Crippen molar-refractivity contribution in [2.45, 2.75) is 83.2 Å². The smallest absolute Gasteiger partial charge is 0.309 e. The first-order valence-electron chi connectivity index (χ1n) is 11.0. The van der Waals surface area contributed by atoms with E-state index in [-0.39, 0.29) is 18.0 Å². The van der Waals surface area contributed by atoms with Crippen LogP contribution in [0.3, 0.4) is 0 Å². The van der Waals surface area contributed by atoms with Gasteiger partial charge in [-0.15, -0.1) is 0 Å². The standard InChI is InChI=1S/C25H33NO2/c1-2-4-19-6-10-21(11-7-19)22-14-16-24(17-15-22)28-25(27)23-12-8-20(9-13-23)5-3-18-26/h3,5-7,10-11,20,22-24H,2,4,8-9,12-17H2,1H3. The molecule has 2 aliphatic rings. The molecule has 0 amide bonds. The second-order valence-corrected chi connectivity index (χ2v) is 8.50. The van der Waals surface area contributed by atoms with E-state index in [0.29, 0.717) is 11.8 Å². The second-order valence-electron chi connectivity index (χ2n) is 8.50. The fourth-order valence-corrected chi connectivity index (χ4v) is 4.75. The molecule has 0 aromatic heterocycles. The summed E-state index contributed by atoms with van der Waals surface area (Å²) in [7, 11) is 0. The molecule has 150 valence electrons. The molecular weight excluding hydrogens is 346 g/mol. The Morgan fingerprint density at radius 1 is 1.07 bits per heavy atom. The third kappa shape index (κ3) is 5.71. The van der Waals surface area contributed by atoms with Crippen molar-refractivity contribution in [2.24, 2.45) is 11.8 Å². The van der Waals surface area contributed by atoms with E-state index in [2.05, 4.69) is 37.3 Å². The quantitative estimate of drug-likeness (QED) is 0.443. The van der Waals surface area contributed by atoms with Gasteiger partial charge in [-0.2, -0.15) is 5.26 Å². The van der Waals surface area contributed by atoms with Gasteiger partial charge in [0.15, 0.2) is 0 Å². The van der Waals surface area contributed by atoms with Crippen LogP contribution in [0.2, 0.25) is 0 Å². The zero-order valence-electron chi connectivity index (χ0n) is 17.1. The van der Waals surface area contributed by atoms with Gasteiger partial charge in [0.05, 0.1) is 12.0 Å². The highest BCUT2D eigenvalue weighted by atomic mass is 16.5. The number of nitrogens with zero attached hydrogens (tertiary/aromatic N) is 1. The van der Waals surface area contributed by atoms with Crippen LogP contribution in [0, 0.1) is 23.2 Å². The van der Waals surface area contributed by atoms with E-state index in [9.17, 15) is 4.79 Å². The number of benzene rings is 1. The van der Waals surface area contributed by atoms with Crippen molar-refractivity contribution >= 4 is 5.97 Å². The van der Waals surface area contributed by atoms with E-state index in [1.54, 1.807) is 6.08 Å². The normalized spacial score (nSPS) is 28.0. The molecule has 0 radical (unpaired) electrons. The van der Waals surface area contributed by atoms with E-state index in [1.807, 2.05) is 6.08 Å². The summed E-state index contributed by atoms with van der Waals surface area (Å²) in [5.41, 5.74) is 2.86. The van der Waals surface area contributed by atoms with Gasteiger partial charge in [0, 0.05) is 6.08 Å². The van der Waals surface area contributed by atoms with Crippen LogP contribution in [0.15, 0.2) is 36.4 Å². The molecule has 0 saturated heterocycles. The minimum atomic E-state index is 0.00933. The Bertz CT molecular complexity index is 684. The van der Waals surface area contributed by atoms with E-state index in [4.69, 9.17) is 10.00 Å². The molecule has 2 aliphatic carbocycles. The summed E-state index contributed by atoms with van der Waals surface area (Å²) >= 11 is 0. The molecule has 0 bridgehead atoms. The highest BCUT2D eigenvalue weighted by Crippen LogP contribution is 2.36. The lowest BCUT2D eigenvalue weighted by molar-refractivity contribution is -0.157. The fraction of sp³-hybridized carbons (Fsp3) is 0.600. The van der Waals surface area contributed by atoms with Gasteiger partial charge in [-0.1, -0.05) is 43.7 Å². The first kappa shape index (κ1) is 20.6. The average molecular weight is 380 g/mol. The molecule has 0 heterocycles. The van der Waals surface area contributed by atoms with E-state index in [1.165, 1.54) is 17.5 Å². The second kappa shape index (κ2) is 10.5. The Balaban J connectivity index is 1.41. The molecule has 0 atom stereocenters. The van der Waals surface area contributed by atoms with Gasteiger partial charge >= 0.3 is 5.97 Å². The summed E-state index contributed by atoms with van der Waals surface area (Å²) in [5, 5.41) is 8.63. The SMILES string of the molecule is CCCc1ccc(C2CCC(OC(=O)C3CCC(C=CC#N)CC3)CC2)cc1. The fourth-order valence-electron chi connectivity index (χ4n) is 4.75. The van der Waals surface area contributed by atoms with Crippen molar-refractivity contribution in [3.63, 3.8) is 0 Å². The van der Waals surface area contributed by atoms with Crippen LogP contribution in [-0.2, 0) is 16.0 Å². The molecule has 1 aromatic carbocycles. The first-order chi connectivity index (χ1) is 13.7. The number of rotatable bonds is 6. The van der Waals surface area contributed by atoms with Gasteiger partial charge in [0.1, 0.15) is 6.10 Å². The summed E-state index contributed by atoms with van der Waals surface area (Å²) in [6.07, 6.45) is 13.9. The third-order valence-electron chi connectivity index (χ3n) is 6.49. The molecule has 1 aromatic rings. The minimum absolute atomic E-state index is 0.00933. The summed E-state index contributed by atoms with van der Waals surface area (Å²) in [6.45, 7) is 2.22. The van der Waals surface area contributed by atoms with Crippen molar-refractivity contribution in [3.8, 4) is 6.07 Å². The van der Waals surface area contributed by atoms with Gasteiger partial charge in [0.25, 0.3) is 0 Å². The van der Waals surface area contributed by atoms with Crippen molar-refractivity contribution in [3.05, 3.63) is 47.5 Å². The van der Waals surface area contributed by atoms with Crippen LogP contribution >= 0.6 is 0 Å². The molecule has 0 N–H and O–H groups in total. The third-order valence-corrected chi connectivity index (χ3v) is 6.49. The molecule has 2 fully saturated rings.